The lowest BCUT2D eigenvalue weighted by atomic mass is 10.2. The predicted octanol–water partition coefficient (Wildman–Crippen LogP) is 2.42. The van der Waals surface area contributed by atoms with Crippen LogP contribution in [0.4, 0.5) is 0 Å². The molecule has 0 unspecified atom stereocenters. The summed E-state index contributed by atoms with van der Waals surface area (Å²) >= 11 is 11.5. The normalized spacial score (nSPS) is 10.3. The fourth-order valence-corrected chi connectivity index (χ4v) is 1.79. The largest absolute Gasteiger partial charge is 0.346 e. The van der Waals surface area contributed by atoms with Gasteiger partial charge in [-0.3, -0.25) is 14.8 Å². The fourth-order valence-electron chi connectivity index (χ4n) is 1.36. The number of hydrogen-bond acceptors (Lipinski definition) is 4. The zero-order chi connectivity index (χ0) is 13.8. The van der Waals surface area contributed by atoms with Crippen LogP contribution in [0.2, 0.25) is 10.3 Å². The van der Waals surface area contributed by atoms with Crippen LogP contribution in [-0.4, -0.2) is 20.9 Å². The molecule has 0 bridgehead atoms. The first-order chi connectivity index (χ1) is 9.06. The average molecular weight is 297 g/mol. The second-order valence-corrected chi connectivity index (χ2v) is 4.55. The molecule has 0 radical (unpaired) electrons. The number of pyridine rings is 1. The lowest BCUT2D eigenvalue weighted by Gasteiger charge is -2.06. The third-order valence-electron chi connectivity index (χ3n) is 2.32. The van der Waals surface area contributed by atoms with E-state index in [0.717, 1.165) is 5.69 Å². The van der Waals surface area contributed by atoms with E-state index in [1.807, 2.05) is 6.92 Å². The summed E-state index contributed by atoms with van der Waals surface area (Å²) in [6.07, 6.45) is 3.25. The molecule has 5 nitrogen and oxygen atoms in total. The van der Waals surface area contributed by atoms with Crippen LogP contribution in [0.1, 0.15) is 21.7 Å². The lowest BCUT2D eigenvalue weighted by Crippen LogP contribution is -2.24. The van der Waals surface area contributed by atoms with Gasteiger partial charge in [-0.05, 0) is 19.1 Å². The van der Waals surface area contributed by atoms with E-state index in [4.69, 9.17) is 23.2 Å². The molecule has 0 saturated heterocycles. The van der Waals surface area contributed by atoms with Gasteiger partial charge in [-0.25, -0.2) is 4.98 Å². The minimum absolute atomic E-state index is 0.0694. The number of nitrogens with zero attached hydrogens (tertiary/aromatic N) is 3. The summed E-state index contributed by atoms with van der Waals surface area (Å²) in [7, 11) is 0. The van der Waals surface area contributed by atoms with E-state index in [-0.39, 0.29) is 28.3 Å². The van der Waals surface area contributed by atoms with Gasteiger partial charge < -0.3 is 5.32 Å². The molecule has 2 heterocycles. The predicted molar refractivity (Wildman–Crippen MR) is 72.2 cm³/mol. The van der Waals surface area contributed by atoms with Crippen molar-refractivity contribution in [1.29, 1.82) is 0 Å². The Hall–Kier alpha value is -1.72. The highest BCUT2D eigenvalue weighted by atomic mass is 35.5. The first-order valence-corrected chi connectivity index (χ1v) is 6.19. The standard InChI is InChI=1S/C12H10Cl2N4O/c1-7-4-16-8(5-15-7)6-17-12(19)9-2-3-10(13)18-11(9)14/h2-5H,6H2,1H3,(H,17,19). The maximum atomic E-state index is 11.9. The molecule has 2 rings (SSSR count). The first kappa shape index (κ1) is 13.7. The molecule has 1 amide bonds. The van der Waals surface area contributed by atoms with E-state index in [2.05, 4.69) is 20.3 Å². The Morgan fingerprint density at radius 3 is 2.68 bits per heavy atom. The van der Waals surface area contributed by atoms with Crippen molar-refractivity contribution in [1.82, 2.24) is 20.3 Å². The Labute approximate surface area is 120 Å². The number of hydrogen-bond donors (Lipinski definition) is 1. The van der Waals surface area contributed by atoms with Crippen molar-refractivity contribution in [3.8, 4) is 0 Å². The van der Waals surface area contributed by atoms with E-state index in [9.17, 15) is 4.79 Å². The fraction of sp³-hybridized carbons (Fsp3) is 0.167. The number of nitrogens with one attached hydrogen (secondary N) is 1. The second-order valence-electron chi connectivity index (χ2n) is 3.80. The molecule has 0 atom stereocenters. The van der Waals surface area contributed by atoms with Gasteiger partial charge >= 0.3 is 0 Å². The summed E-state index contributed by atoms with van der Waals surface area (Å²) in [4.78, 5) is 23.9. The minimum atomic E-state index is -0.337. The first-order valence-electron chi connectivity index (χ1n) is 5.44. The van der Waals surface area contributed by atoms with Crippen LogP contribution in [0.5, 0.6) is 0 Å². The number of amides is 1. The van der Waals surface area contributed by atoms with E-state index >= 15 is 0 Å². The SMILES string of the molecule is Cc1cnc(CNC(=O)c2ccc(Cl)nc2Cl)cn1. The highest BCUT2D eigenvalue weighted by molar-refractivity contribution is 6.34. The summed E-state index contributed by atoms with van der Waals surface area (Å²) in [5, 5.41) is 3.00. The molecule has 0 aliphatic rings. The Kier molecular flexibility index (Phi) is 4.29. The molecule has 19 heavy (non-hydrogen) atoms. The van der Waals surface area contributed by atoms with Crippen LogP contribution in [-0.2, 0) is 6.54 Å². The van der Waals surface area contributed by atoms with Crippen molar-refractivity contribution in [2.75, 3.05) is 0 Å². The average Bonchev–Trinajstić information content (AvgIpc) is 2.37. The molecule has 7 heteroatoms. The Morgan fingerprint density at radius 2 is 2.05 bits per heavy atom. The molecule has 0 fully saturated rings. The number of rotatable bonds is 3. The second kappa shape index (κ2) is 5.95. The van der Waals surface area contributed by atoms with E-state index in [0.29, 0.717) is 5.69 Å². The summed E-state index contributed by atoms with van der Waals surface area (Å²) in [5.74, 6) is -0.337. The maximum Gasteiger partial charge on any atom is 0.254 e. The van der Waals surface area contributed by atoms with Crippen LogP contribution in [0.25, 0.3) is 0 Å². The van der Waals surface area contributed by atoms with Crippen LogP contribution in [0.3, 0.4) is 0 Å². The molecule has 0 aromatic carbocycles. The third kappa shape index (κ3) is 3.62. The molecule has 98 valence electrons. The van der Waals surface area contributed by atoms with Crippen molar-refractivity contribution >= 4 is 29.1 Å². The van der Waals surface area contributed by atoms with Gasteiger partial charge in [0.15, 0.2) is 0 Å². The number of aromatic nitrogens is 3. The molecule has 0 aliphatic heterocycles. The lowest BCUT2D eigenvalue weighted by molar-refractivity contribution is 0.0950. The monoisotopic (exact) mass is 296 g/mol. The highest BCUT2D eigenvalue weighted by Crippen LogP contribution is 2.16. The molecule has 0 aliphatic carbocycles. The van der Waals surface area contributed by atoms with Gasteiger partial charge in [-0.1, -0.05) is 23.2 Å². The summed E-state index contributed by atoms with van der Waals surface area (Å²) in [5.41, 5.74) is 1.75. The minimum Gasteiger partial charge on any atom is -0.346 e. The Morgan fingerprint density at radius 1 is 1.26 bits per heavy atom. The quantitative estimate of drug-likeness (QED) is 0.883. The Balaban J connectivity index is 2.03. The van der Waals surface area contributed by atoms with Gasteiger partial charge in [-0.15, -0.1) is 0 Å². The van der Waals surface area contributed by atoms with Crippen molar-refractivity contribution in [2.24, 2.45) is 0 Å². The summed E-state index contributed by atoms with van der Waals surface area (Å²) in [6, 6.07) is 3.03. The number of aryl methyl sites for hydroxylation is 1. The van der Waals surface area contributed by atoms with E-state index < -0.39 is 0 Å². The Bertz CT molecular complexity index is 601. The third-order valence-corrected chi connectivity index (χ3v) is 2.82. The highest BCUT2D eigenvalue weighted by Gasteiger charge is 2.11. The molecular weight excluding hydrogens is 287 g/mol. The summed E-state index contributed by atoms with van der Waals surface area (Å²) < 4.78 is 0. The van der Waals surface area contributed by atoms with E-state index in [1.54, 1.807) is 12.4 Å². The van der Waals surface area contributed by atoms with Crippen molar-refractivity contribution in [2.45, 2.75) is 13.5 Å². The van der Waals surface area contributed by atoms with Crippen molar-refractivity contribution in [3.63, 3.8) is 0 Å². The molecule has 1 N–H and O–H groups in total. The van der Waals surface area contributed by atoms with Gasteiger partial charge in [0.2, 0.25) is 0 Å². The maximum absolute atomic E-state index is 11.9. The smallest absolute Gasteiger partial charge is 0.254 e. The molecule has 2 aromatic rings. The van der Waals surface area contributed by atoms with Crippen LogP contribution in [0, 0.1) is 6.92 Å². The zero-order valence-corrected chi connectivity index (χ0v) is 11.5. The molecule has 0 saturated carbocycles. The number of halogens is 2. The van der Waals surface area contributed by atoms with Crippen LogP contribution >= 0.6 is 23.2 Å². The number of carbonyl (C=O) groups excluding carboxylic acids is 1. The van der Waals surface area contributed by atoms with Gasteiger partial charge in [0.1, 0.15) is 10.3 Å². The van der Waals surface area contributed by atoms with Crippen molar-refractivity contribution < 1.29 is 4.79 Å². The molecular formula is C12H10Cl2N4O. The summed E-state index contributed by atoms with van der Waals surface area (Å²) in [6.45, 7) is 2.11. The molecule has 2 aromatic heterocycles. The van der Waals surface area contributed by atoms with Crippen molar-refractivity contribution in [3.05, 3.63) is 51.8 Å². The molecule has 0 spiro atoms. The van der Waals surface area contributed by atoms with Gasteiger partial charge in [-0.2, -0.15) is 0 Å². The van der Waals surface area contributed by atoms with Gasteiger partial charge in [0.05, 0.1) is 29.7 Å². The van der Waals surface area contributed by atoms with E-state index in [1.165, 1.54) is 12.1 Å². The van der Waals surface area contributed by atoms with Crippen LogP contribution in [0.15, 0.2) is 24.5 Å². The number of carbonyl (C=O) groups is 1. The topological polar surface area (TPSA) is 67.8 Å². The van der Waals surface area contributed by atoms with Gasteiger partial charge in [0, 0.05) is 6.20 Å². The van der Waals surface area contributed by atoms with Gasteiger partial charge in [0.25, 0.3) is 5.91 Å². The van der Waals surface area contributed by atoms with Crippen LogP contribution < -0.4 is 5.32 Å². The zero-order valence-electron chi connectivity index (χ0n) is 10.0.